The molecule has 1 fully saturated rings. The van der Waals surface area contributed by atoms with Gasteiger partial charge in [0.25, 0.3) is 5.91 Å². The van der Waals surface area contributed by atoms with Crippen molar-refractivity contribution in [2.45, 2.75) is 13.5 Å². The molecule has 3 aromatic carbocycles. The van der Waals surface area contributed by atoms with Gasteiger partial charge < -0.3 is 14.8 Å². The molecule has 0 radical (unpaired) electrons. The average molecular weight is 517 g/mol. The van der Waals surface area contributed by atoms with Crippen LogP contribution in [0.25, 0.3) is 6.08 Å². The Morgan fingerprint density at radius 2 is 1.88 bits per heavy atom. The minimum Gasteiger partial charge on any atom is -0.493 e. The molecular formula is C25H19Cl2FN2O3S. The smallest absolute Gasteiger partial charge is 0.264 e. The van der Waals surface area contributed by atoms with Gasteiger partial charge in [-0.3, -0.25) is 4.79 Å². The number of thioether (sulfide) groups is 1. The molecule has 34 heavy (non-hydrogen) atoms. The minimum absolute atomic E-state index is 0.192. The Morgan fingerprint density at radius 3 is 2.62 bits per heavy atom. The SMILES string of the molecule is COc1cc(/C=C2/SC(=Nc3cccc(Cl)c3C)NC2=O)cc(Cl)c1OCc1ccc(F)cc1. The summed E-state index contributed by atoms with van der Waals surface area (Å²) in [6.07, 6.45) is 1.70. The second kappa shape index (κ2) is 10.5. The predicted molar refractivity (Wildman–Crippen MR) is 136 cm³/mol. The monoisotopic (exact) mass is 516 g/mol. The first-order valence-electron chi connectivity index (χ1n) is 10.1. The number of hydrogen-bond acceptors (Lipinski definition) is 5. The van der Waals surface area contributed by atoms with Crippen LogP contribution in [0.5, 0.6) is 11.5 Å². The zero-order valence-electron chi connectivity index (χ0n) is 18.2. The van der Waals surface area contributed by atoms with Crippen molar-refractivity contribution in [1.82, 2.24) is 5.32 Å². The van der Waals surface area contributed by atoms with Gasteiger partial charge in [-0.15, -0.1) is 0 Å². The largest absolute Gasteiger partial charge is 0.493 e. The topological polar surface area (TPSA) is 59.9 Å². The van der Waals surface area contributed by atoms with Crippen molar-refractivity contribution in [3.8, 4) is 11.5 Å². The number of carbonyl (C=O) groups is 1. The quantitative estimate of drug-likeness (QED) is 0.361. The summed E-state index contributed by atoms with van der Waals surface area (Å²) in [6.45, 7) is 2.06. The Balaban J connectivity index is 1.54. The van der Waals surface area contributed by atoms with Gasteiger partial charge in [-0.05, 0) is 77.9 Å². The number of hydrogen-bond donors (Lipinski definition) is 1. The Bertz CT molecular complexity index is 1310. The van der Waals surface area contributed by atoms with E-state index >= 15 is 0 Å². The molecule has 1 aliphatic heterocycles. The second-order valence-corrected chi connectivity index (χ2v) is 9.16. The average Bonchev–Trinajstić information content (AvgIpc) is 3.15. The lowest BCUT2D eigenvalue weighted by atomic mass is 10.1. The van der Waals surface area contributed by atoms with Crippen molar-refractivity contribution >= 4 is 57.8 Å². The molecule has 1 heterocycles. The number of amides is 1. The minimum atomic E-state index is -0.318. The van der Waals surface area contributed by atoms with Gasteiger partial charge >= 0.3 is 0 Å². The van der Waals surface area contributed by atoms with Gasteiger partial charge in [0, 0.05) is 5.02 Å². The van der Waals surface area contributed by atoms with Gasteiger partial charge in [-0.25, -0.2) is 9.38 Å². The molecule has 9 heteroatoms. The fourth-order valence-corrected chi connectivity index (χ4v) is 4.44. The molecule has 0 unspecified atom stereocenters. The van der Waals surface area contributed by atoms with Crippen LogP contribution < -0.4 is 14.8 Å². The van der Waals surface area contributed by atoms with Crippen molar-refractivity contribution < 1.29 is 18.7 Å². The van der Waals surface area contributed by atoms with E-state index in [0.29, 0.717) is 42.9 Å². The van der Waals surface area contributed by atoms with Gasteiger partial charge in [0.05, 0.1) is 22.7 Å². The van der Waals surface area contributed by atoms with Crippen LogP contribution >= 0.6 is 35.0 Å². The van der Waals surface area contributed by atoms with Gasteiger partial charge in [-0.1, -0.05) is 41.4 Å². The molecule has 1 N–H and O–H groups in total. The van der Waals surface area contributed by atoms with E-state index in [1.807, 2.05) is 13.0 Å². The highest BCUT2D eigenvalue weighted by Gasteiger charge is 2.24. The van der Waals surface area contributed by atoms with Crippen LogP contribution in [0.1, 0.15) is 16.7 Å². The predicted octanol–water partition coefficient (Wildman–Crippen LogP) is 6.92. The normalized spacial score (nSPS) is 15.6. The fourth-order valence-electron chi connectivity index (χ4n) is 3.16. The van der Waals surface area contributed by atoms with Crippen LogP contribution in [0.15, 0.2) is 64.5 Å². The molecular weight excluding hydrogens is 498 g/mol. The summed E-state index contributed by atoms with van der Waals surface area (Å²) in [5.74, 6) is 0.183. The molecule has 1 aliphatic rings. The molecule has 0 spiro atoms. The van der Waals surface area contributed by atoms with Crippen molar-refractivity contribution in [2.24, 2.45) is 4.99 Å². The molecule has 174 valence electrons. The first-order chi connectivity index (χ1) is 16.3. The summed E-state index contributed by atoms with van der Waals surface area (Å²) in [6, 6.07) is 14.8. The van der Waals surface area contributed by atoms with Crippen molar-refractivity contribution in [3.63, 3.8) is 0 Å². The van der Waals surface area contributed by atoms with Crippen LogP contribution in [-0.4, -0.2) is 18.2 Å². The number of benzene rings is 3. The Hall–Kier alpha value is -3.00. The van der Waals surface area contributed by atoms with Crippen molar-refractivity contribution in [1.29, 1.82) is 0 Å². The molecule has 1 saturated heterocycles. The highest BCUT2D eigenvalue weighted by molar-refractivity contribution is 8.18. The highest BCUT2D eigenvalue weighted by atomic mass is 35.5. The third-order valence-electron chi connectivity index (χ3n) is 4.96. The van der Waals surface area contributed by atoms with E-state index in [9.17, 15) is 9.18 Å². The molecule has 3 aromatic rings. The standard InChI is InChI=1S/C25H19Cl2FN2O3S/c1-14-18(26)4-3-5-20(14)29-25-30-24(31)22(34-25)12-16-10-19(27)23(21(11-16)32-2)33-13-15-6-8-17(28)9-7-15/h3-12H,13H2,1-2H3,(H,29,30,31)/b22-12+. The fraction of sp³-hybridized carbons (Fsp3) is 0.120. The van der Waals surface area contributed by atoms with E-state index < -0.39 is 0 Å². The number of nitrogens with zero attached hydrogens (tertiary/aromatic N) is 1. The lowest BCUT2D eigenvalue weighted by Gasteiger charge is -2.13. The maximum atomic E-state index is 13.1. The lowest BCUT2D eigenvalue weighted by Crippen LogP contribution is -2.19. The molecule has 0 bridgehead atoms. The summed E-state index contributed by atoms with van der Waals surface area (Å²) in [5.41, 5.74) is 2.96. The first kappa shape index (κ1) is 24.1. The Kier molecular flexibility index (Phi) is 7.46. The molecule has 0 atom stereocenters. The summed E-state index contributed by atoms with van der Waals surface area (Å²) < 4.78 is 24.4. The van der Waals surface area contributed by atoms with E-state index in [1.165, 1.54) is 31.0 Å². The summed E-state index contributed by atoms with van der Waals surface area (Å²) in [4.78, 5) is 17.5. The number of nitrogens with one attached hydrogen (secondary N) is 1. The number of rotatable bonds is 6. The number of ether oxygens (including phenoxy) is 2. The van der Waals surface area contributed by atoms with Crippen LogP contribution in [0, 0.1) is 12.7 Å². The molecule has 0 aliphatic carbocycles. The third-order valence-corrected chi connectivity index (χ3v) is 6.56. The van der Waals surface area contributed by atoms with E-state index in [1.54, 1.807) is 42.5 Å². The molecule has 5 nitrogen and oxygen atoms in total. The van der Waals surface area contributed by atoms with Gasteiger partial charge in [0.1, 0.15) is 12.4 Å². The van der Waals surface area contributed by atoms with Gasteiger partial charge in [-0.2, -0.15) is 0 Å². The summed E-state index contributed by atoms with van der Waals surface area (Å²) in [5, 5.41) is 4.15. The Labute approximate surface area is 210 Å². The molecule has 1 amide bonds. The molecule has 0 aromatic heterocycles. The van der Waals surface area contributed by atoms with E-state index in [2.05, 4.69) is 10.3 Å². The second-order valence-electron chi connectivity index (χ2n) is 7.31. The van der Waals surface area contributed by atoms with E-state index in [4.69, 9.17) is 32.7 Å². The zero-order chi connectivity index (χ0) is 24.2. The lowest BCUT2D eigenvalue weighted by molar-refractivity contribution is -0.115. The van der Waals surface area contributed by atoms with Gasteiger partial charge in [0.15, 0.2) is 16.7 Å². The number of halogens is 3. The highest BCUT2D eigenvalue weighted by Crippen LogP contribution is 2.39. The number of aliphatic imine (C=N–C) groups is 1. The zero-order valence-corrected chi connectivity index (χ0v) is 20.5. The maximum absolute atomic E-state index is 13.1. The van der Waals surface area contributed by atoms with Crippen LogP contribution in [0.3, 0.4) is 0 Å². The van der Waals surface area contributed by atoms with Crippen LogP contribution in [-0.2, 0) is 11.4 Å². The van der Waals surface area contributed by atoms with E-state index in [-0.39, 0.29) is 18.3 Å². The Morgan fingerprint density at radius 1 is 1.12 bits per heavy atom. The number of methoxy groups -OCH3 is 1. The van der Waals surface area contributed by atoms with Crippen LogP contribution in [0.2, 0.25) is 10.0 Å². The third kappa shape index (κ3) is 5.55. The van der Waals surface area contributed by atoms with Crippen molar-refractivity contribution in [3.05, 3.63) is 92.1 Å². The van der Waals surface area contributed by atoms with Crippen molar-refractivity contribution in [2.75, 3.05) is 7.11 Å². The summed E-state index contributed by atoms with van der Waals surface area (Å²) >= 11 is 13.8. The van der Waals surface area contributed by atoms with E-state index in [0.717, 1.165) is 11.1 Å². The number of carbonyl (C=O) groups excluding carboxylic acids is 1. The number of amidine groups is 1. The maximum Gasteiger partial charge on any atom is 0.264 e. The van der Waals surface area contributed by atoms with Crippen LogP contribution in [0.4, 0.5) is 10.1 Å². The first-order valence-corrected chi connectivity index (χ1v) is 11.7. The summed E-state index contributed by atoms with van der Waals surface area (Å²) in [7, 11) is 1.50. The molecule has 0 saturated carbocycles. The van der Waals surface area contributed by atoms with Gasteiger partial charge in [0.2, 0.25) is 0 Å². The molecule has 4 rings (SSSR count).